The molecule has 2 aromatic rings. The van der Waals surface area contributed by atoms with Crippen LogP contribution in [0.5, 0.6) is 0 Å². The monoisotopic (exact) mass is 394 g/mol. The third-order valence-electron chi connectivity index (χ3n) is 3.76. The van der Waals surface area contributed by atoms with E-state index < -0.39 is 23.6 Å². The van der Waals surface area contributed by atoms with Gasteiger partial charge in [-0.1, -0.05) is 0 Å². The molecule has 0 fully saturated rings. The van der Waals surface area contributed by atoms with Gasteiger partial charge in [0.2, 0.25) is 0 Å². The summed E-state index contributed by atoms with van der Waals surface area (Å²) in [6.07, 6.45) is -2.94. The van der Waals surface area contributed by atoms with E-state index in [9.17, 15) is 22.4 Å². The largest absolute Gasteiger partial charge is 0.416 e. The van der Waals surface area contributed by atoms with Crippen LogP contribution in [0.25, 0.3) is 0 Å². The average molecular weight is 394 g/mol. The summed E-state index contributed by atoms with van der Waals surface area (Å²) in [5, 5.41) is 4.65. The van der Waals surface area contributed by atoms with E-state index in [0.29, 0.717) is 23.6 Å². The predicted molar refractivity (Wildman–Crippen MR) is 102 cm³/mol. The summed E-state index contributed by atoms with van der Waals surface area (Å²) < 4.78 is 51.6. The van der Waals surface area contributed by atoms with Crippen LogP contribution in [0, 0.1) is 5.82 Å². The lowest BCUT2D eigenvalue weighted by molar-refractivity contribution is -0.137. The molecule has 2 rings (SSSR count). The highest BCUT2D eigenvalue weighted by atomic mass is 19.4. The number of nitrogens with zero attached hydrogens (tertiary/aromatic N) is 2. The molecule has 0 aromatic heterocycles. The first-order valence-corrected chi connectivity index (χ1v) is 8.06. The zero-order valence-corrected chi connectivity index (χ0v) is 15.1. The number of halogens is 4. The third kappa shape index (κ3) is 5.32. The Morgan fingerprint density at radius 2 is 1.71 bits per heavy atom. The Hall–Kier alpha value is -3.36. The van der Waals surface area contributed by atoms with Crippen molar-refractivity contribution in [2.45, 2.75) is 13.1 Å². The van der Waals surface area contributed by atoms with Gasteiger partial charge in [-0.25, -0.2) is 14.2 Å². The second kappa shape index (κ2) is 8.55. The number of allylic oxidation sites excluding steroid dienone is 1. The van der Waals surface area contributed by atoms with E-state index in [-0.39, 0.29) is 5.69 Å². The highest BCUT2D eigenvalue weighted by Gasteiger charge is 2.31. The molecule has 0 atom stereocenters. The Kier molecular flexibility index (Phi) is 6.40. The number of nitrogens with one attached hydrogen (secondary N) is 2. The van der Waals surface area contributed by atoms with Gasteiger partial charge in [-0.3, -0.25) is 0 Å². The fraction of sp³-hybridized carbons (Fsp3) is 0.158. The number of carbonyl (C=O) groups excluding carboxylic acids is 1. The molecule has 5 nitrogen and oxygen atoms in total. The first-order chi connectivity index (χ1) is 13.1. The first kappa shape index (κ1) is 20.9. The van der Waals surface area contributed by atoms with Crippen LogP contribution in [0.15, 0.2) is 59.4 Å². The van der Waals surface area contributed by atoms with Crippen LogP contribution < -0.4 is 15.5 Å². The van der Waals surface area contributed by atoms with Gasteiger partial charge in [0.1, 0.15) is 11.6 Å². The second-order valence-corrected chi connectivity index (χ2v) is 5.72. The Morgan fingerprint density at radius 3 is 2.25 bits per heavy atom. The van der Waals surface area contributed by atoms with Crippen LogP contribution >= 0.6 is 0 Å². The standard InChI is InChI=1S/C19H18F4N4O/c1-4-17(24-2)27(3)16-7-5-14(6-8-16)25-18(28)26-15-10-12(19(21,22)23)9-13(20)11-15/h4-11H,2H2,1,3H3,(H2,25,26,28)/b17-4+. The zero-order valence-electron chi connectivity index (χ0n) is 15.1. The van der Waals surface area contributed by atoms with Crippen LogP contribution in [0.3, 0.4) is 0 Å². The molecule has 2 N–H and O–H groups in total. The maximum atomic E-state index is 13.4. The summed E-state index contributed by atoms with van der Waals surface area (Å²) in [5.74, 6) is -0.460. The number of amides is 2. The Balaban J connectivity index is 2.08. The molecule has 2 aromatic carbocycles. The number of carbonyl (C=O) groups is 1. The lowest BCUT2D eigenvalue weighted by Crippen LogP contribution is -2.20. The molecule has 0 heterocycles. The molecule has 0 aliphatic heterocycles. The molecular weight excluding hydrogens is 376 g/mol. The minimum Gasteiger partial charge on any atom is -0.330 e. The maximum absolute atomic E-state index is 13.4. The first-order valence-electron chi connectivity index (χ1n) is 8.06. The predicted octanol–water partition coefficient (Wildman–Crippen LogP) is 5.49. The second-order valence-electron chi connectivity index (χ2n) is 5.72. The van der Waals surface area contributed by atoms with Crippen molar-refractivity contribution in [1.82, 2.24) is 0 Å². The van der Waals surface area contributed by atoms with Crippen molar-refractivity contribution in [3.63, 3.8) is 0 Å². The number of urea groups is 1. The van der Waals surface area contributed by atoms with Crippen molar-refractivity contribution in [3.8, 4) is 0 Å². The number of rotatable bonds is 5. The van der Waals surface area contributed by atoms with Gasteiger partial charge in [-0.2, -0.15) is 13.2 Å². The molecule has 9 heteroatoms. The van der Waals surface area contributed by atoms with Gasteiger partial charge >= 0.3 is 12.2 Å². The minimum atomic E-state index is -4.72. The number of anilines is 3. The van der Waals surface area contributed by atoms with E-state index in [0.717, 1.165) is 11.8 Å². The van der Waals surface area contributed by atoms with Crippen molar-refractivity contribution in [1.29, 1.82) is 0 Å². The summed E-state index contributed by atoms with van der Waals surface area (Å²) in [7, 11) is 1.79. The molecule has 0 radical (unpaired) electrons. The van der Waals surface area contributed by atoms with Gasteiger partial charge in [-0.05, 0) is 62.2 Å². The lowest BCUT2D eigenvalue weighted by Gasteiger charge is -2.19. The van der Waals surface area contributed by atoms with Crippen LogP contribution in [0.4, 0.5) is 39.4 Å². The molecule has 0 spiro atoms. The smallest absolute Gasteiger partial charge is 0.330 e. The minimum absolute atomic E-state index is 0.309. The van der Waals surface area contributed by atoms with E-state index >= 15 is 0 Å². The van der Waals surface area contributed by atoms with Crippen molar-refractivity contribution < 1.29 is 22.4 Å². The third-order valence-corrected chi connectivity index (χ3v) is 3.76. The van der Waals surface area contributed by atoms with E-state index in [1.165, 1.54) is 0 Å². The molecule has 0 aliphatic carbocycles. The molecule has 148 valence electrons. The quantitative estimate of drug-likeness (QED) is 0.521. The van der Waals surface area contributed by atoms with Gasteiger partial charge in [0.05, 0.1) is 5.56 Å². The SMILES string of the molecule is C=N/C(=C\C)N(C)c1ccc(NC(=O)Nc2cc(F)cc(C(F)(F)F)c2)cc1. The molecule has 0 saturated heterocycles. The molecule has 0 unspecified atom stereocenters. The van der Waals surface area contributed by atoms with Gasteiger partial charge in [-0.15, -0.1) is 0 Å². The van der Waals surface area contributed by atoms with Crippen LogP contribution in [-0.4, -0.2) is 19.8 Å². The van der Waals surface area contributed by atoms with E-state index in [1.807, 2.05) is 6.92 Å². The summed E-state index contributed by atoms with van der Waals surface area (Å²) >= 11 is 0. The fourth-order valence-corrected chi connectivity index (χ4v) is 2.41. The number of hydrogen-bond donors (Lipinski definition) is 2. The topological polar surface area (TPSA) is 56.7 Å². The fourth-order valence-electron chi connectivity index (χ4n) is 2.41. The van der Waals surface area contributed by atoms with Crippen LogP contribution in [0.1, 0.15) is 12.5 Å². The maximum Gasteiger partial charge on any atom is 0.416 e. The molecule has 28 heavy (non-hydrogen) atoms. The summed E-state index contributed by atoms with van der Waals surface area (Å²) in [6, 6.07) is 7.65. The number of hydrogen-bond acceptors (Lipinski definition) is 3. The normalized spacial score (nSPS) is 11.7. The van der Waals surface area contributed by atoms with Crippen LogP contribution in [0.2, 0.25) is 0 Å². The van der Waals surface area contributed by atoms with E-state index in [2.05, 4.69) is 22.3 Å². The van der Waals surface area contributed by atoms with Gasteiger partial charge in [0.15, 0.2) is 0 Å². The van der Waals surface area contributed by atoms with Crippen molar-refractivity contribution >= 4 is 29.8 Å². The highest BCUT2D eigenvalue weighted by molar-refractivity contribution is 5.99. The lowest BCUT2D eigenvalue weighted by atomic mass is 10.2. The highest BCUT2D eigenvalue weighted by Crippen LogP contribution is 2.31. The summed E-state index contributed by atoms with van der Waals surface area (Å²) in [4.78, 5) is 17.7. The molecule has 0 saturated carbocycles. The molecule has 0 bridgehead atoms. The van der Waals surface area contributed by atoms with E-state index in [1.54, 1.807) is 42.3 Å². The average Bonchev–Trinajstić information content (AvgIpc) is 2.62. The number of aliphatic imine (C=N–C) groups is 1. The summed E-state index contributed by atoms with van der Waals surface area (Å²) in [6.45, 7) is 5.30. The van der Waals surface area contributed by atoms with Crippen molar-refractivity contribution in [2.24, 2.45) is 4.99 Å². The Morgan fingerprint density at radius 1 is 1.11 bits per heavy atom. The number of benzene rings is 2. The summed E-state index contributed by atoms with van der Waals surface area (Å²) in [5.41, 5.74) is -0.316. The molecule has 2 amide bonds. The van der Waals surface area contributed by atoms with Gasteiger partial charge < -0.3 is 15.5 Å². The van der Waals surface area contributed by atoms with E-state index in [4.69, 9.17) is 0 Å². The van der Waals surface area contributed by atoms with Gasteiger partial charge in [0.25, 0.3) is 0 Å². The van der Waals surface area contributed by atoms with Crippen molar-refractivity contribution in [3.05, 3.63) is 65.7 Å². The molecule has 0 aliphatic rings. The van der Waals surface area contributed by atoms with Gasteiger partial charge in [0, 0.05) is 24.1 Å². The Labute approximate surface area is 159 Å². The van der Waals surface area contributed by atoms with Crippen LogP contribution in [-0.2, 0) is 6.18 Å². The number of alkyl halides is 3. The Bertz CT molecular complexity index is 892. The zero-order chi connectivity index (χ0) is 20.9. The van der Waals surface area contributed by atoms with Crippen molar-refractivity contribution in [2.75, 3.05) is 22.6 Å². The molecular formula is C19H18F4N4O.